The quantitative estimate of drug-likeness (QED) is 0.474. The Labute approximate surface area is 171 Å². The van der Waals surface area contributed by atoms with E-state index in [0.717, 1.165) is 5.56 Å². The Balaban J connectivity index is 2.35. The van der Waals surface area contributed by atoms with E-state index in [0.29, 0.717) is 23.7 Å². The van der Waals surface area contributed by atoms with Crippen LogP contribution in [0.25, 0.3) is 0 Å². The summed E-state index contributed by atoms with van der Waals surface area (Å²) in [6.45, 7) is 10.9. The van der Waals surface area contributed by atoms with Crippen LogP contribution < -0.4 is 9.47 Å². The molecule has 2 aromatic carbocycles. The molecule has 0 N–H and O–H groups in total. The van der Waals surface area contributed by atoms with E-state index in [1.807, 2.05) is 19.9 Å². The maximum Gasteiger partial charge on any atom is 0.415 e. The Morgan fingerprint density at radius 2 is 1.54 bits per heavy atom. The van der Waals surface area contributed by atoms with Crippen LogP contribution in [0.5, 0.6) is 11.5 Å². The molecule has 0 fully saturated rings. The molecule has 5 nitrogen and oxygen atoms in total. The summed E-state index contributed by atoms with van der Waals surface area (Å²) < 4.78 is 11.1. The fraction of sp³-hybridized carbons (Fsp3) is 0.364. The first-order valence-corrected chi connectivity index (χ1v) is 9.62. The maximum absolute atomic E-state index is 12.5. The first kappa shape index (κ1) is 21.8. The van der Waals surface area contributed by atoms with E-state index >= 15 is 0 Å². The molecule has 0 saturated heterocycles. The number of benzene rings is 2. The van der Waals surface area contributed by atoms with E-state index in [-0.39, 0.29) is 16.9 Å². The molecule has 0 radical (unpaired) electrons. The number of rotatable bonds is 5. The van der Waals surface area contributed by atoms with Gasteiger partial charge in [-0.3, -0.25) is 0 Å². The largest absolute Gasteiger partial charge is 0.419 e. The summed E-state index contributed by atoms with van der Waals surface area (Å²) in [4.78, 5) is 26.5. The summed E-state index contributed by atoms with van der Waals surface area (Å²) in [6.07, 6.45) is -0.486. The van der Waals surface area contributed by atoms with Gasteiger partial charge in [-0.2, -0.15) is 0 Å². The van der Waals surface area contributed by atoms with E-state index < -0.39 is 12.1 Å². The minimum Gasteiger partial charge on any atom is -0.419 e. The van der Waals surface area contributed by atoms with Gasteiger partial charge in [0.05, 0.1) is 5.56 Å². The van der Waals surface area contributed by atoms with Crippen LogP contribution in [0, 0.1) is 0 Å². The van der Waals surface area contributed by atoms with Crippen molar-refractivity contribution in [3.63, 3.8) is 0 Å². The molecule has 0 spiro atoms. The third-order valence-electron chi connectivity index (χ3n) is 4.31. The highest BCUT2D eigenvalue weighted by Gasteiger charge is 2.22. The molecule has 1 amide bonds. The van der Waals surface area contributed by atoms with Crippen molar-refractivity contribution in [2.24, 2.45) is 0 Å². The fourth-order valence-corrected chi connectivity index (χ4v) is 2.65. The zero-order valence-corrected chi connectivity index (χ0v) is 17.7. The molecule has 0 unspecified atom stereocenters. The van der Waals surface area contributed by atoms with E-state index in [1.54, 1.807) is 41.3 Å². The van der Waals surface area contributed by atoms with Gasteiger partial charge < -0.3 is 14.4 Å². The van der Waals surface area contributed by atoms with E-state index in [4.69, 9.17) is 21.1 Å². The number of esters is 1. The Morgan fingerprint density at radius 1 is 0.929 bits per heavy atom. The lowest BCUT2D eigenvalue weighted by molar-refractivity contribution is 0.0727. The second-order valence-electron chi connectivity index (χ2n) is 7.35. The summed E-state index contributed by atoms with van der Waals surface area (Å²) >= 11 is 5.86. The molecule has 0 aliphatic rings. The standard InChI is InChI=1S/C22H26ClNO4/c1-6-24(7-2)21(26)28-19-14-16(22(3,4)5)10-13-18(19)27-20(25)15-8-11-17(23)12-9-15/h8-14H,6-7H2,1-5H3. The van der Waals surface area contributed by atoms with Crippen LogP contribution >= 0.6 is 11.6 Å². The Bertz CT molecular complexity index is 837. The van der Waals surface area contributed by atoms with Crippen LogP contribution in [0.4, 0.5) is 4.79 Å². The monoisotopic (exact) mass is 403 g/mol. The molecular weight excluding hydrogens is 378 g/mol. The Kier molecular flexibility index (Phi) is 7.08. The highest BCUT2D eigenvalue weighted by atomic mass is 35.5. The van der Waals surface area contributed by atoms with Crippen LogP contribution in [0.2, 0.25) is 5.02 Å². The van der Waals surface area contributed by atoms with Crippen LogP contribution in [0.3, 0.4) is 0 Å². The molecule has 0 aliphatic carbocycles. The summed E-state index contributed by atoms with van der Waals surface area (Å²) in [5, 5.41) is 0.528. The lowest BCUT2D eigenvalue weighted by atomic mass is 9.87. The van der Waals surface area contributed by atoms with Crippen molar-refractivity contribution in [3.8, 4) is 11.5 Å². The number of halogens is 1. The normalized spacial score (nSPS) is 11.1. The van der Waals surface area contributed by atoms with Gasteiger partial charge >= 0.3 is 12.1 Å². The minimum atomic E-state index is -0.555. The van der Waals surface area contributed by atoms with Crippen LogP contribution in [-0.4, -0.2) is 30.1 Å². The lowest BCUT2D eigenvalue weighted by Crippen LogP contribution is -2.33. The molecular formula is C22H26ClNO4. The molecule has 2 aromatic rings. The Morgan fingerprint density at radius 3 is 2.07 bits per heavy atom. The van der Waals surface area contributed by atoms with E-state index in [1.165, 1.54) is 0 Å². The second kappa shape index (κ2) is 9.11. The first-order valence-electron chi connectivity index (χ1n) is 9.24. The highest BCUT2D eigenvalue weighted by Crippen LogP contribution is 2.34. The van der Waals surface area contributed by atoms with Gasteiger partial charge in [0.25, 0.3) is 0 Å². The van der Waals surface area contributed by atoms with Crippen LogP contribution in [0.15, 0.2) is 42.5 Å². The van der Waals surface area contributed by atoms with E-state index in [2.05, 4.69) is 20.8 Å². The maximum atomic E-state index is 12.5. The number of hydrogen-bond acceptors (Lipinski definition) is 4. The van der Waals surface area contributed by atoms with Gasteiger partial charge in [-0.25, -0.2) is 9.59 Å². The topological polar surface area (TPSA) is 55.8 Å². The third-order valence-corrected chi connectivity index (χ3v) is 4.56. The van der Waals surface area contributed by atoms with Gasteiger partial charge in [0.1, 0.15) is 0 Å². The predicted octanol–water partition coefficient (Wildman–Crippen LogP) is 5.70. The highest BCUT2D eigenvalue weighted by molar-refractivity contribution is 6.30. The molecule has 28 heavy (non-hydrogen) atoms. The molecule has 150 valence electrons. The molecule has 6 heteroatoms. The number of amides is 1. The molecule has 0 heterocycles. The van der Waals surface area contributed by atoms with Crippen molar-refractivity contribution in [3.05, 3.63) is 58.6 Å². The zero-order chi connectivity index (χ0) is 20.9. The third kappa shape index (κ3) is 5.49. The van der Waals surface area contributed by atoms with Crippen LogP contribution in [0.1, 0.15) is 50.5 Å². The van der Waals surface area contributed by atoms with Gasteiger partial charge in [0, 0.05) is 18.1 Å². The smallest absolute Gasteiger partial charge is 0.415 e. The predicted molar refractivity (Wildman–Crippen MR) is 110 cm³/mol. The zero-order valence-electron chi connectivity index (χ0n) is 16.9. The number of carbonyl (C=O) groups is 2. The molecule has 0 aliphatic heterocycles. The summed E-state index contributed by atoms with van der Waals surface area (Å²) in [6, 6.07) is 11.6. The second-order valence-corrected chi connectivity index (χ2v) is 7.78. The molecule has 0 aromatic heterocycles. The average molecular weight is 404 g/mol. The fourth-order valence-electron chi connectivity index (χ4n) is 2.52. The van der Waals surface area contributed by atoms with Crippen molar-refractivity contribution in [1.82, 2.24) is 4.90 Å². The average Bonchev–Trinajstić information content (AvgIpc) is 2.63. The van der Waals surface area contributed by atoms with E-state index in [9.17, 15) is 9.59 Å². The van der Waals surface area contributed by atoms with Crippen molar-refractivity contribution in [1.29, 1.82) is 0 Å². The summed E-state index contributed by atoms with van der Waals surface area (Å²) in [7, 11) is 0. The number of hydrogen-bond donors (Lipinski definition) is 0. The van der Waals surface area contributed by atoms with Gasteiger partial charge in [-0.15, -0.1) is 0 Å². The summed E-state index contributed by atoms with van der Waals surface area (Å²) in [5.74, 6) is -0.152. The number of nitrogens with zero attached hydrogens (tertiary/aromatic N) is 1. The van der Waals surface area contributed by atoms with Crippen molar-refractivity contribution < 1.29 is 19.1 Å². The van der Waals surface area contributed by atoms with Gasteiger partial charge in [-0.1, -0.05) is 38.4 Å². The van der Waals surface area contributed by atoms with Crippen LogP contribution in [-0.2, 0) is 5.41 Å². The molecule has 0 bridgehead atoms. The lowest BCUT2D eigenvalue weighted by Gasteiger charge is -2.22. The van der Waals surface area contributed by atoms with Gasteiger partial charge in [0.15, 0.2) is 11.5 Å². The minimum absolute atomic E-state index is 0.158. The first-order chi connectivity index (χ1) is 13.2. The van der Waals surface area contributed by atoms with Crippen molar-refractivity contribution in [2.45, 2.75) is 40.0 Å². The Hall–Kier alpha value is -2.53. The van der Waals surface area contributed by atoms with Gasteiger partial charge in [-0.05, 0) is 61.2 Å². The molecule has 2 rings (SSSR count). The van der Waals surface area contributed by atoms with Crippen molar-refractivity contribution in [2.75, 3.05) is 13.1 Å². The SMILES string of the molecule is CCN(CC)C(=O)Oc1cc(C(C)(C)C)ccc1OC(=O)c1ccc(Cl)cc1. The number of carbonyl (C=O) groups excluding carboxylic acids is 2. The van der Waals surface area contributed by atoms with Crippen molar-refractivity contribution >= 4 is 23.7 Å². The van der Waals surface area contributed by atoms with Gasteiger partial charge in [0.2, 0.25) is 0 Å². The summed E-state index contributed by atoms with van der Waals surface area (Å²) in [5.41, 5.74) is 1.15. The number of ether oxygens (including phenoxy) is 2. The molecule has 0 saturated carbocycles. The molecule has 0 atom stereocenters.